The van der Waals surface area contributed by atoms with Crippen LogP contribution >= 0.6 is 0 Å². The molecule has 2 aromatic rings. The maximum Gasteiger partial charge on any atom is 0.0886 e. The van der Waals surface area contributed by atoms with Crippen LogP contribution in [0.5, 0.6) is 0 Å². The fourth-order valence-electron chi connectivity index (χ4n) is 2.06. The molecule has 2 nitrogen and oxygen atoms in total. The molecule has 2 heterocycles. The number of nitrogens with zero attached hydrogens (tertiary/aromatic N) is 2. The van der Waals surface area contributed by atoms with Crippen LogP contribution in [0.25, 0.3) is 11.4 Å². The van der Waals surface area contributed by atoms with E-state index < -0.39 is 12.4 Å². The molecule has 0 spiro atoms. The Kier molecular flexibility index (Phi) is 4.47. The maximum absolute atomic E-state index is 4.19. The number of hydrogen-bond acceptors (Lipinski definition) is 2. The first-order valence-corrected chi connectivity index (χ1v) is 16.4. The molecule has 23 heavy (non-hydrogen) atoms. The van der Waals surface area contributed by atoms with E-state index >= 15 is 0 Å². The van der Waals surface area contributed by atoms with Crippen molar-refractivity contribution >= 4 is 0 Å². The van der Waals surface area contributed by atoms with Gasteiger partial charge in [-0.15, -0.1) is 0 Å². The summed E-state index contributed by atoms with van der Waals surface area (Å²) < 4.78 is 1.68. The number of hydrogen-bond donors (Lipinski definition) is 0. The predicted octanol–water partition coefficient (Wildman–Crippen LogP) is 6.44. The molecule has 0 saturated carbocycles. The van der Waals surface area contributed by atoms with Gasteiger partial charge in [0.15, 0.2) is 0 Å². The molecule has 0 fully saturated rings. The van der Waals surface area contributed by atoms with Gasteiger partial charge in [-0.2, -0.15) is 0 Å². The van der Waals surface area contributed by atoms with Crippen LogP contribution in [0.15, 0.2) is 71.2 Å². The summed E-state index contributed by atoms with van der Waals surface area (Å²) >= 11 is -2.40. The second-order valence-electron chi connectivity index (χ2n) is 7.81. The Bertz CT molecular complexity index is 671. The van der Waals surface area contributed by atoms with Gasteiger partial charge in [0.2, 0.25) is 0 Å². The van der Waals surface area contributed by atoms with Crippen LogP contribution in [0.2, 0.25) is 27.6 Å². The fraction of sp³-hybridized carbons (Fsp3) is 0.300. The Hall–Kier alpha value is -1.60. The van der Waals surface area contributed by atoms with Gasteiger partial charge in [-0.3, -0.25) is 9.97 Å². The summed E-state index contributed by atoms with van der Waals surface area (Å²) in [6.07, 6.45) is 11.5. The van der Waals surface area contributed by atoms with Crippen LogP contribution in [0.3, 0.4) is 0 Å². The summed E-state index contributed by atoms with van der Waals surface area (Å²) in [6, 6.07) is 11.6. The van der Waals surface area contributed by atoms with Crippen molar-refractivity contribution in [1.29, 1.82) is 0 Å². The van der Waals surface area contributed by atoms with E-state index in [1.165, 1.54) is 6.42 Å². The molecule has 0 radical (unpaired) electrons. The van der Waals surface area contributed by atoms with Crippen LogP contribution in [0.1, 0.15) is 6.42 Å². The van der Waals surface area contributed by atoms with Crippen LogP contribution in [-0.4, -0.2) is 9.97 Å². The Morgan fingerprint density at radius 2 is 1.30 bits per heavy atom. The van der Waals surface area contributed by atoms with E-state index in [0.29, 0.717) is 0 Å². The second kappa shape index (κ2) is 5.80. The number of pyridine rings is 2. The topological polar surface area (TPSA) is 25.8 Å². The number of allylic oxidation sites excluding steroid dienone is 4. The molecule has 0 N–H and O–H groups in total. The maximum atomic E-state index is 4.19. The minimum Gasteiger partial charge on any atom is -0.255 e. The molecule has 3 heteroatoms. The van der Waals surface area contributed by atoms with Crippen LogP contribution in [0.4, 0.5) is 0 Å². The second-order valence-corrected chi connectivity index (χ2v) is 29.3. The van der Waals surface area contributed by atoms with Crippen molar-refractivity contribution in [2.75, 3.05) is 0 Å². The van der Waals surface area contributed by atoms with E-state index in [2.05, 4.69) is 55.8 Å². The Morgan fingerprint density at radius 3 is 1.57 bits per heavy atom. The zero-order chi connectivity index (χ0) is 17.0. The largest absolute Gasteiger partial charge is 0.255 e. The molecule has 0 saturated heterocycles. The molecule has 2 aromatic heterocycles. The summed E-state index contributed by atoms with van der Waals surface area (Å²) in [4.78, 5) is 8.37. The first kappa shape index (κ1) is 17.8. The number of rotatable bonds is 2. The Morgan fingerprint density at radius 1 is 0.783 bits per heavy atom. The summed E-state index contributed by atoms with van der Waals surface area (Å²) in [7, 11) is 0. The average Bonchev–Trinajstić information content (AvgIpc) is 3.04. The monoisotopic (exact) mass is 399 g/mol. The molecule has 127 valence electrons. The minimum absolute atomic E-state index is 0.915. The van der Waals surface area contributed by atoms with Crippen molar-refractivity contribution in [2.45, 2.75) is 34.0 Å². The minimum atomic E-state index is -2.40. The average molecular weight is 399 g/mol. The van der Waals surface area contributed by atoms with Crippen molar-refractivity contribution in [2.24, 2.45) is 0 Å². The molecule has 0 unspecified atom stereocenters. The molecule has 0 aromatic carbocycles. The van der Waals surface area contributed by atoms with E-state index in [4.69, 9.17) is 0 Å². The van der Waals surface area contributed by atoms with Gasteiger partial charge in [0.05, 0.1) is 11.4 Å². The van der Waals surface area contributed by atoms with Gasteiger partial charge >= 0.3 is 68.8 Å². The molecule has 0 aliphatic heterocycles. The quantitative estimate of drug-likeness (QED) is 0.543. The van der Waals surface area contributed by atoms with Crippen LogP contribution < -0.4 is 0 Å². The smallest absolute Gasteiger partial charge is 0.0886 e. The van der Waals surface area contributed by atoms with Gasteiger partial charge in [-0.05, 0) is 24.3 Å². The molecule has 1 aliphatic rings. The van der Waals surface area contributed by atoms with E-state index in [-0.39, 0.29) is 0 Å². The summed E-state index contributed by atoms with van der Waals surface area (Å²) in [5, 5.41) is 0. The zero-order valence-corrected chi connectivity index (χ0v) is 16.4. The normalized spacial score (nSPS) is 16.7. The standard InChI is InChI=1S/C10H8N2.C5H5.5CH3.Rh/c1-3-7-11-9(5-1)10-6-2-4-8-12-10;1-2-4-5-3-1;;;;;;/h1-8H;1-3H,4H2;5*1H3;. The van der Waals surface area contributed by atoms with Crippen molar-refractivity contribution in [3.8, 4) is 11.4 Å². The van der Waals surface area contributed by atoms with E-state index in [0.717, 1.165) is 11.4 Å². The zero-order valence-electron chi connectivity index (χ0n) is 14.8. The third-order valence-electron chi connectivity index (χ3n) is 3.37. The molecule has 3 rings (SSSR count). The Balaban J connectivity index is 0.000000168. The molecule has 0 atom stereocenters. The molecule has 0 amide bonds. The van der Waals surface area contributed by atoms with E-state index in [9.17, 15) is 0 Å². The number of aromatic nitrogens is 2. The van der Waals surface area contributed by atoms with Crippen LogP contribution in [0, 0.1) is 0 Å². The first-order chi connectivity index (χ1) is 10.6. The van der Waals surface area contributed by atoms with E-state index in [1.807, 2.05) is 36.4 Å². The van der Waals surface area contributed by atoms with Crippen molar-refractivity contribution in [3.05, 3.63) is 71.2 Å². The van der Waals surface area contributed by atoms with Crippen molar-refractivity contribution < 1.29 is 12.4 Å². The summed E-state index contributed by atoms with van der Waals surface area (Å²) in [5.74, 6) is 0. The van der Waals surface area contributed by atoms with Gasteiger partial charge in [-0.1, -0.05) is 12.1 Å². The van der Waals surface area contributed by atoms with Crippen LogP contribution in [-0.2, 0) is 12.4 Å². The van der Waals surface area contributed by atoms with Gasteiger partial charge in [-0.25, -0.2) is 0 Å². The van der Waals surface area contributed by atoms with Crippen molar-refractivity contribution in [1.82, 2.24) is 9.97 Å². The summed E-state index contributed by atoms with van der Waals surface area (Å²) in [6.45, 7) is 0. The Labute approximate surface area is 139 Å². The molecular formula is C20H28N2Rh. The predicted molar refractivity (Wildman–Crippen MR) is 98.6 cm³/mol. The van der Waals surface area contributed by atoms with Gasteiger partial charge in [0.25, 0.3) is 0 Å². The van der Waals surface area contributed by atoms with Gasteiger partial charge in [0, 0.05) is 12.4 Å². The molecule has 0 bridgehead atoms. The van der Waals surface area contributed by atoms with Gasteiger partial charge < -0.3 is 0 Å². The van der Waals surface area contributed by atoms with E-state index in [1.54, 1.807) is 16.6 Å². The third-order valence-corrected chi connectivity index (χ3v) is 9.24. The van der Waals surface area contributed by atoms with Crippen molar-refractivity contribution in [3.63, 3.8) is 0 Å². The van der Waals surface area contributed by atoms with Gasteiger partial charge in [0.1, 0.15) is 0 Å². The summed E-state index contributed by atoms with van der Waals surface area (Å²) in [5.41, 5.74) is 14.2. The fourth-order valence-corrected chi connectivity index (χ4v) is 5.45. The molecular weight excluding hydrogens is 371 g/mol. The third kappa shape index (κ3) is 5.51. The molecule has 1 aliphatic carbocycles. The first-order valence-electron chi connectivity index (χ1n) is 7.34. The SMILES string of the molecule is [CH3][Rh]([CH3])([CH3])([CH3])([CH3])[C]1=CC=CC1.c1ccc(-c2ccccn2)nc1.